The lowest BCUT2D eigenvalue weighted by Gasteiger charge is -2.33. The zero-order valence-electron chi connectivity index (χ0n) is 11.0. The Balaban J connectivity index is 2.31. The van der Waals surface area contributed by atoms with Crippen LogP contribution in [-0.4, -0.2) is 5.11 Å². The van der Waals surface area contributed by atoms with Gasteiger partial charge in [0.05, 0.1) is 11.7 Å². The summed E-state index contributed by atoms with van der Waals surface area (Å²) in [4.78, 5) is 0. The lowest BCUT2D eigenvalue weighted by atomic mass is 9.75. The molecule has 19 heavy (non-hydrogen) atoms. The number of benzene rings is 1. The van der Waals surface area contributed by atoms with E-state index in [0.717, 1.165) is 44.2 Å². The number of aliphatic hydroxyl groups is 1. The molecule has 1 aliphatic carbocycles. The zero-order valence-corrected chi connectivity index (χ0v) is 11.0. The van der Waals surface area contributed by atoms with Gasteiger partial charge in [-0.3, -0.25) is 0 Å². The van der Waals surface area contributed by atoms with Crippen molar-refractivity contribution in [3.63, 3.8) is 0 Å². The number of aliphatic hydroxyl groups excluding tert-OH is 1. The minimum Gasteiger partial charge on any atom is -0.388 e. The lowest BCUT2D eigenvalue weighted by molar-refractivity contribution is -0.137. The molecule has 4 heteroatoms. The molecular formula is C15H19F3O. The van der Waals surface area contributed by atoms with E-state index in [1.165, 1.54) is 6.07 Å². The van der Waals surface area contributed by atoms with Crippen molar-refractivity contribution in [1.29, 1.82) is 0 Å². The van der Waals surface area contributed by atoms with E-state index in [9.17, 15) is 18.3 Å². The van der Waals surface area contributed by atoms with Crippen LogP contribution in [0.2, 0.25) is 0 Å². The normalized spacial score (nSPS) is 20.5. The van der Waals surface area contributed by atoms with Crippen LogP contribution < -0.4 is 0 Å². The van der Waals surface area contributed by atoms with Gasteiger partial charge in [0, 0.05) is 5.41 Å². The van der Waals surface area contributed by atoms with Gasteiger partial charge in [0.2, 0.25) is 0 Å². The van der Waals surface area contributed by atoms with Crippen LogP contribution in [0.15, 0.2) is 24.3 Å². The van der Waals surface area contributed by atoms with E-state index in [4.69, 9.17) is 0 Å². The maximum atomic E-state index is 12.7. The van der Waals surface area contributed by atoms with Gasteiger partial charge in [-0.15, -0.1) is 0 Å². The molecule has 106 valence electrons. The van der Waals surface area contributed by atoms with Gasteiger partial charge >= 0.3 is 6.18 Å². The van der Waals surface area contributed by atoms with Crippen LogP contribution in [0.5, 0.6) is 0 Å². The van der Waals surface area contributed by atoms with Gasteiger partial charge in [-0.1, -0.05) is 31.9 Å². The van der Waals surface area contributed by atoms with Gasteiger partial charge in [0.25, 0.3) is 0 Å². The topological polar surface area (TPSA) is 20.2 Å². The Morgan fingerprint density at radius 1 is 1.26 bits per heavy atom. The molecule has 1 N–H and O–H groups in total. The Labute approximate surface area is 111 Å². The highest BCUT2D eigenvalue weighted by atomic mass is 19.4. The number of alkyl halides is 3. The molecule has 1 aromatic rings. The fraction of sp³-hybridized carbons (Fsp3) is 0.600. The summed E-state index contributed by atoms with van der Waals surface area (Å²) in [5.74, 6) is 0. The minimum atomic E-state index is -4.36. The van der Waals surface area contributed by atoms with E-state index in [2.05, 4.69) is 0 Å². The summed E-state index contributed by atoms with van der Waals surface area (Å²) >= 11 is 0. The number of rotatable bonds is 3. The summed E-state index contributed by atoms with van der Waals surface area (Å²) in [6, 6.07) is 5.10. The molecule has 1 nitrogen and oxygen atoms in total. The quantitative estimate of drug-likeness (QED) is 0.845. The lowest BCUT2D eigenvalue weighted by Crippen LogP contribution is -2.25. The molecule has 0 bridgehead atoms. The minimum absolute atomic E-state index is 0.246. The van der Waals surface area contributed by atoms with E-state index < -0.39 is 17.8 Å². The number of halogens is 3. The monoisotopic (exact) mass is 272 g/mol. The first-order chi connectivity index (χ1) is 8.89. The van der Waals surface area contributed by atoms with E-state index >= 15 is 0 Å². The summed E-state index contributed by atoms with van der Waals surface area (Å²) in [5, 5.41) is 10.5. The molecule has 1 atom stereocenters. The highest BCUT2D eigenvalue weighted by Gasteiger charge is 2.40. The molecule has 1 fully saturated rings. The summed E-state index contributed by atoms with van der Waals surface area (Å²) in [6.07, 6.45) is -0.493. The smallest absolute Gasteiger partial charge is 0.388 e. The molecule has 0 spiro atoms. The van der Waals surface area contributed by atoms with E-state index in [0.29, 0.717) is 5.56 Å². The molecule has 1 unspecified atom stereocenters. The van der Waals surface area contributed by atoms with Crippen molar-refractivity contribution in [1.82, 2.24) is 0 Å². The highest BCUT2D eigenvalue weighted by Crippen LogP contribution is 2.50. The van der Waals surface area contributed by atoms with Crippen molar-refractivity contribution in [2.24, 2.45) is 5.41 Å². The van der Waals surface area contributed by atoms with Gasteiger partial charge in [-0.2, -0.15) is 13.2 Å². The van der Waals surface area contributed by atoms with Crippen molar-refractivity contribution in [2.45, 2.75) is 51.3 Å². The summed E-state index contributed by atoms with van der Waals surface area (Å²) in [7, 11) is 0. The molecule has 2 rings (SSSR count). The predicted octanol–water partition coefficient (Wildman–Crippen LogP) is 4.71. The zero-order chi connectivity index (χ0) is 14.1. The van der Waals surface area contributed by atoms with Gasteiger partial charge in [-0.25, -0.2) is 0 Å². The van der Waals surface area contributed by atoms with E-state index in [1.807, 2.05) is 6.92 Å². The molecule has 0 amide bonds. The van der Waals surface area contributed by atoms with Crippen molar-refractivity contribution < 1.29 is 18.3 Å². The molecule has 0 aliphatic heterocycles. The van der Waals surface area contributed by atoms with Crippen LogP contribution in [0, 0.1) is 5.41 Å². The summed E-state index contributed by atoms with van der Waals surface area (Å²) in [6.45, 7) is 2.00. The van der Waals surface area contributed by atoms with Crippen LogP contribution in [0.25, 0.3) is 0 Å². The SMILES string of the molecule is CCC1(C(O)c2cccc(C(F)(F)F)c2)CCCC1. The first-order valence-electron chi connectivity index (χ1n) is 6.74. The van der Waals surface area contributed by atoms with Crippen LogP contribution >= 0.6 is 0 Å². The summed E-state index contributed by atoms with van der Waals surface area (Å²) in [5.41, 5.74) is -0.545. The second-order valence-electron chi connectivity index (χ2n) is 5.45. The molecule has 0 aromatic heterocycles. The fourth-order valence-electron chi connectivity index (χ4n) is 3.14. The van der Waals surface area contributed by atoms with E-state index in [1.54, 1.807) is 6.07 Å². The highest BCUT2D eigenvalue weighted by molar-refractivity contribution is 5.28. The molecule has 0 saturated heterocycles. The Bertz CT molecular complexity index is 433. The van der Waals surface area contributed by atoms with E-state index in [-0.39, 0.29) is 5.41 Å². The standard InChI is InChI=1S/C15H19F3O/c1-2-14(8-3-4-9-14)13(19)11-6-5-7-12(10-11)15(16,17)18/h5-7,10,13,19H,2-4,8-9H2,1H3. The van der Waals surface area contributed by atoms with Gasteiger partial charge < -0.3 is 5.11 Å². The third kappa shape index (κ3) is 2.78. The van der Waals surface area contributed by atoms with Crippen LogP contribution in [0.3, 0.4) is 0 Å². The fourth-order valence-corrected chi connectivity index (χ4v) is 3.14. The largest absolute Gasteiger partial charge is 0.416 e. The Kier molecular flexibility index (Phi) is 3.90. The number of hydrogen-bond acceptors (Lipinski definition) is 1. The average Bonchev–Trinajstić information content (AvgIpc) is 2.87. The second-order valence-corrected chi connectivity index (χ2v) is 5.45. The second kappa shape index (κ2) is 5.16. The van der Waals surface area contributed by atoms with Crippen LogP contribution in [-0.2, 0) is 6.18 Å². The third-order valence-electron chi connectivity index (χ3n) is 4.41. The van der Waals surface area contributed by atoms with Gasteiger partial charge in [-0.05, 0) is 37.0 Å². The molecule has 1 aliphatic rings. The first-order valence-corrected chi connectivity index (χ1v) is 6.74. The number of hydrogen-bond donors (Lipinski definition) is 1. The molecule has 0 heterocycles. The average molecular weight is 272 g/mol. The maximum absolute atomic E-state index is 12.7. The Morgan fingerprint density at radius 2 is 1.89 bits per heavy atom. The molecular weight excluding hydrogens is 253 g/mol. The first kappa shape index (κ1) is 14.4. The van der Waals surface area contributed by atoms with Crippen molar-refractivity contribution >= 4 is 0 Å². The van der Waals surface area contributed by atoms with Crippen molar-refractivity contribution in [3.8, 4) is 0 Å². The Hall–Kier alpha value is -1.03. The van der Waals surface area contributed by atoms with Crippen LogP contribution in [0.4, 0.5) is 13.2 Å². The maximum Gasteiger partial charge on any atom is 0.416 e. The van der Waals surface area contributed by atoms with Crippen molar-refractivity contribution in [3.05, 3.63) is 35.4 Å². The Morgan fingerprint density at radius 3 is 2.42 bits per heavy atom. The van der Waals surface area contributed by atoms with Crippen molar-refractivity contribution in [2.75, 3.05) is 0 Å². The van der Waals surface area contributed by atoms with Gasteiger partial charge in [0.1, 0.15) is 0 Å². The third-order valence-corrected chi connectivity index (χ3v) is 4.41. The van der Waals surface area contributed by atoms with Crippen LogP contribution in [0.1, 0.15) is 56.3 Å². The summed E-state index contributed by atoms with van der Waals surface area (Å²) < 4.78 is 38.1. The predicted molar refractivity (Wildman–Crippen MR) is 67.6 cm³/mol. The molecule has 0 radical (unpaired) electrons. The van der Waals surface area contributed by atoms with Gasteiger partial charge in [0.15, 0.2) is 0 Å². The molecule has 1 aromatic carbocycles. The molecule has 1 saturated carbocycles.